The lowest BCUT2D eigenvalue weighted by Gasteiger charge is -2.31. The van der Waals surface area contributed by atoms with Crippen LogP contribution in [0.3, 0.4) is 0 Å². The van der Waals surface area contributed by atoms with Gasteiger partial charge in [0, 0.05) is 18.6 Å². The van der Waals surface area contributed by atoms with Crippen molar-refractivity contribution in [3.8, 4) is 0 Å². The summed E-state index contributed by atoms with van der Waals surface area (Å²) < 4.78 is 5.57. The van der Waals surface area contributed by atoms with E-state index in [-0.39, 0.29) is 17.8 Å². The van der Waals surface area contributed by atoms with E-state index in [1.54, 1.807) is 0 Å². The summed E-state index contributed by atoms with van der Waals surface area (Å²) >= 11 is 0. The molecule has 2 aliphatic heterocycles. The number of hydrogen-bond acceptors (Lipinski definition) is 5. The zero-order chi connectivity index (χ0) is 12.5. The van der Waals surface area contributed by atoms with Crippen LogP contribution in [0.15, 0.2) is 0 Å². The fraction of sp³-hybridized carbons (Fsp3) is 0.900. The lowest BCUT2D eigenvalue weighted by atomic mass is 9.71. The van der Waals surface area contributed by atoms with Crippen LogP contribution in [0.1, 0.15) is 19.3 Å². The van der Waals surface area contributed by atoms with Crippen LogP contribution < -0.4 is 5.32 Å². The number of fused-ring (bicyclic) bond motifs is 1. The van der Waals surface area contributed by atoms with Crippen molar-refractivity contribution in [1.82, 2.24) is 5.32 Å². The first-order valence-corrected chi connectivity index (χ1v) is 6.00. The summed E-state index contributed by atoms with van der Waals surface area (Å²) in [6, 6.07) is -0.578. The van der Waals surface area contributed by atoms with Gasteiger partial charge in [0.15, 0.2) is 0 Å². The molecule has 2 rings (SSSR count). The maximum absolute atomic E-state index is 11.2. The highest BCUT2D eigenvalue weighted by molar-refractivity contribution is 6.40. The molecule has 2 aliphatic rings. The molecule has 0 bridgehead atoms. The second kappa shape index (κ2) is 4.93. The van der Waals surface area contributed by atoms with Gasteiger partial charge < -0.3 is 25.2 Å². The number of carboxylic acids is 1. The number of carboxylic acid groups (broad SMARTS) is 1. The number of ether oxygens (including phenoxy) is 1. The van der Waals surface area contributed by atoms with E-state index < -0.39 is 19.1 Å². The average Bonchev–Trinajstić information content (AvgIpc) is 2.73. The molecule has 7 heteroatoms. The molecule has 17 heavy (non-hydrogen) atoms. The Balaban J connectivity index is 2.03. The van der Waals surface area contributed by atoms with Crippen LogP contribution in [0.2, 0.25) is 6.32 Å². The zero-order valence-electron chi connectivity index (χ0n) is 9.63. The number of hydrogen-bond donors (Lipinski definition) is 4. The highest BCUT2D eigenvalue weighted by Gasteiger charge is 2.56. The minimum atomic E-state index is -1.31. The molecule has 0 aliphatic carbocycles. The minimum Gasteiger partial charge on any atom is -0.480 e. The molecule has 0 amide bonds. The van der Waals surface area contributed by atoms with Gasteiger partial charge in [-0.15, -0.1) is 0 Å². The Labute approximate surface area is 100 Å². The van der Waals surface area contributed by atoms with E-state index in [1.165, 1.54) is 0 Å². The number of carbonyl (C=O) groups is 1. The average molecular weight is 243 g/mol. The smallest absolute Gasteiger partial charge is 0.451 e. The van der Waals surface area contributed by atoms with E-state index >= 15 is 0 Å². The maximum atomic E-state index is 11.2. The fourth-order valence-electron chi connectivity index (χ4n) is 3.12. The molecule has 2 heterocycles. The third kappa shape index (κ3) is 2.33. The number of rotatable bonds is 5. The Morgan fingerprint density at radius 3 is 2.94 bits per heavy atom. The van der Waals surface area contributed by atoms with Crippen molar-refractivity contribution in [2.75, 3.05) is 13.2 Å². The molecule has 3 atom stereocenters. The molecule has 0 aromatic carbocycles. The van der Waals surface area contributed by atoms with Crippen molar-refractivity contribution in [2.24, 2.45) is 5.41 Å². The fourth-order valence-corrected chi connectivity index (χ4v) is 3.12. The van der Waals surface area contributed by atoms with Gasteiger partial charge in [0.2, 0.25) is 0 Å². The van der Waals surface area contributed by atoms with Crippen LogP contribution in [0.4, 0.5) is 0 Å². The van der Waals surface area contributed by atoms with E-state index in [0.717, 1.165) is 6.42 Å². The number of nitrogens with one attached hydrogen (secondary N) is 1. The van der Waals surface area contributed by atoms with Crippen molar-refractivity contribution >= 4 is 13.1 Å². The van der Waals surface area contributed by atoms with Crippen molar-refractivity contribution in [1.29, 1.82) is 0 Å². The largest absolute Gasteiger partial charge is 0.480 e. The monoisotopic (exact) mass is 243 g/mol. The Morgan fingerprint density at radius 2 is 2.29 bits per heavy atom. The summed E-state index contributed by atoms with van der Waals surface area (Å²) in [5.41, 5.74) is -0.374. The maximum Gasteiger partial charge on any atom is 0.451 e. The molecule has 6 nitrogen and oxygen atoms in total. The Kier molecular flexibility index (Phi) is 3.72. The molecule has 0 aromatic rings. The molecule has 4 N–H and O–H groups in total. The highest BCUT2D eigenvalue weighted by atomic mass is 16.5. The zero-order valence-corrected chi connectivity index (χ0v) is 9.63. The predicted molar refractivity (Wildman–Crippen MR) is 60.4 cm³/mol. The Morgan fingerprint density at radius 1 is 1.53 bits per heavy atom. The van der Waals surface area contributed by atoms with Crippen molar-refractivity contribution in [3.63, 3.8) is 0 Å². The van der Waals surface area contributed by atoms with Gasteiger partial charge in [0.25, 0.3) is 0 Å². The van der Waals surface area contributed by atoms with Crippen LogP contribution in [0, 0.1) is 5.41 Å². The van der Waals surface area contributed by atoms with E-state index in [0.29, 0.717) is 26.0 Å². The third-order valence-corrected chi connectivity index (χ3v) is 3.96. The van der Waals surface area contributed by atoms with Crippen molar-refractivity contribution < 1.29 is 24.7 Å². The summed E-state index contributed by atoms with van der Waals surface area (Å²) in [6.07, 6.45) is 2.20. The Hall–Kier alpha value is -0.625. The summed E-state index contributed by atoms with van der Waals surface area (Å²) in [5.74, 6) is -0.845. The van der Waals surface area contributed by atoms with Gasteiger partial charge >= 0.3 is 13.1 Å². The van der Waals surface area contributed by atoms with Gasteiger partial charge in [-0.05, 0) is 19.2 Å². The van der Waals surface area contributed by atoms with Gasteiger partial charge in [-0.25, -0.2) is 0 Å². The second-order valence-electron chi connectivity index (χ2n) is 4.89. The Bertz CT molecular complexity index is 300. The highest BCUT2D eigenvalue weighted by Crippen LogP contribution is 2.46. The van der Waals surface area contributed by atoms with Crippen molar-refractivity contribution in [3.05, 3.63) is 0 Å². The van der Waals surface area contributed by atoms with E-state index in [4.69, 9.17) is 14.8 Å². The van der Waals surface area contributed by atoms with Crippen LogP contribution in [-0.2, 0) is 9.53 Å². The lowest BCUT2D eigenvalue weighted by molar-refractivity contribution is -0.142. The second-order valence-corrected chi connectivity index (χ2v) is 4.89. The molecule has 2 fully saturated rings. The van der Waals surface area contributed by atoms with Crippen LogP contribution in [0.25, 0.3) is 0 Å². The molecular formula is C10H18BNO5. The van der Waals surface area contributed by atoms with Gasteiger partial charge in [-0.1, -0.05) is 6.42 Å². The quantitative estimate of drug-likeness (QED) is 0.466. The summed E-state index contributed by atoms with van der Waals surface area (Å²) in [6.45, 7) is 1.16. The molecule has 1 unspecified atom stereocenters. The van der Waals surface area contributed by atoms with E-state index in [2.05, 4.69) is 5.32 Å². The molecule has 0 saturated carbocycles. The number of aliphatic carboxylic acids is 1. The normalized spacial score (nSPS) is 35.9. The van der Waals surface area contributed by atoms with Crippen LogP contribution >= 0.6 is 0 Å². The molecule has 0 spiro atoms. The topological polar surface area (TPSA) is 99.0 Å². The third-order valence-electron chi connectivity index (χ3n) is 3.96. The lowest BCUT2D eigenvalue weighted by Crippen LogP contribution is -2.44. The molecule has 0 aromatic heterocycles. The van der Waals surface area contributed by atoms with Gasteiger partial charge in [0.1, 0.15) is 6.04 Å². The van der Waals surface area contributed by atoms with Crippen LogP contribution in [-0.4, -0.2) is 53.5 Å². The first kappa shape index (κ1) is 12.8. The SMILES string of the molecule is O=C(O)[C@H]1NC[C@@H]2OCCC21CCCB(O)O. The van der Waals surface area contributed by atoms with Crippen LogP contribution in [0.5, 0.6) is 0 Å². The molecule has 0 radical (unpaired) electrons. The van der Waals surface area contributed by atoms with Crippen molar-refractivity contribution in [2.45, 2.75) is 37.7 Å². The van der Waals surface area contributed by atoms with Gasteiger partial charge in [0.05, 0.1) is 6.10 Å². The first-order valence-electron chi connectivity index (χ1n) is 6.00. The summed E-state index contributed by atoms with van der Waals surface area (Å²) in [5, 5.41) is 29.9. The predicted octanol–water partition coefficient (Wildman–Crippen LogP) is -0.929. The van der Waals surface area contributed by atoms with Gasteiger partial charge in [-0.3, -0.25) is 4.79 Å². The van der Waals surface area contributed by atoms with Gasteiger partial charge in [-0.2, -0.15) is 0 Å². The molecule has 2 saturated heterocycles. The standard InChI is InChI=1S/C10H18BNO5/c13-9(14)8-10(2-1-4-11(15)16)3-5-17-7(10)6-12-8/h7-8,12,15-16H,1-6H2,(H,13,14)/t7-,8+,10?/m0/s1. The summed E-state index contributed by atoms with van der Waals surface area (Å²) in [7, 11) is -1.31. The molecular weight excluding hydrogens is 225 g/mol. The molecule has 96 valence electrons. The van der Waals surface area contributed by atoms with E-state index in [1.807, 2.05) is 0 Å². The minimum absolute atomic E-state index is 0.0561. The summed E-state index contributed by atoms with van der Waals surface area (Å²) in [4.78, 5) is 11.2. The first-order chi connectivity index (χ1) is 8.06. The van der Waals surface area contributed by atoms with E-state index in [9.17, 15) is 9.90 Å².